The van der Waals surface area contributed by atoms with E-state index in [2.05, 4.69) is 37.9 Å². The zero-order valence-corrected chi connectivity index (χ0v) is 13.3. The SMILES string of the molecule is COC(C)(CC(C)C)N=NC(C)(CC(C)C)OC. The standard InChI is InChI=1S/C14H30N2O2/c1-11(2)9-13(5,17-7)15-16-14(6,18-8)10-12(3)4/h11-12H,9-10H2,1-8H3. The van der Waals surface area contributed by atoms with Crippen LogP contribution in [0.2, 0.25) is 0 Å². The quantitative estimate of drug-likeness (QED) is 0.611. The maximum atomic E-state index is 5.48. The Morgan fingerprint density at radius 3 is 1.22 bits per heavy atom. The number of methoxy groups -OCH3 is 2. The van der Waals surface area contributed by atoms with E-state index in [0.717, 1.165) is 12.8 Å². The molecule has 0 rings (SSSR count). The highest BCUT2D eigenvalue weighted by Crippen LogP contribution is 2.27. The van der Waals surface area contributed by atoms with Crippen molar-refractivity contribution in [1.29, 1.82) is 0 Å². The fourth-order valence-corrected chi connectivity index (χ4v) is 2.06. The second-order valence-corrected chi connectivity index (χ2v) is 6.15. The third-order valence-electron chi connectivity index (χ3n) is 2.93. The lowest BCUT2D eigenvalue weighted by molar-refractivity contribution is -0.0408. The largest absolute Gasteiger partial charge is 0.356 e. The summed E-state index contributed by atoms with van der Waals surface area (Å²) in [5.41, 5.74) is -1.13. The van der Waals surface area contributed by atoms with Crippen molar-refractivity contribution in [3.8, 4) is 0 Å². The molecule has 0 N–H and O–H groups in total. The Kier molecular flexibility index (Phi) is 7.00. The molecule has 0 heterocycles. The van der Waals surface area contributed by atoms with Gasteiger partial charge >= 0.3 is 0 Å². The summed E-state index contributed by atoms with van der Waals surface area (Å²) in [6.07, 6.45) is 1.68. The Balaban J connectivity index is 4.83. The maximum Gasteiger partial charge on any atom is 0.176 e. The summed E-state index contributed by atoms with van der Waals surface area (Å²) < 4.78 is 11.0. The summed E-state index contributed by atoms with van der Waals surface area (Å²) in [5.74, 6) is 1.01. The van der Waals surface area contributed by atoms with Crippen LogP contribution in [-0.2, 0) is 9.47 Å². The van der Waals surface area contributed by atoms with E-state index in [1.165, 1.54) is 0 Å². The first-order valence-corrected chi connectivity index (χ1v) is 6.70. The predicted octanol–water partition coefficient (Wildman–Crippen LogP) is 4.26. The van der Waals surface area contributed by atoms with Crippen molar-refractivity contribution in [2.24, 2.45) is 22.1 Å². The first-order chi connectivity index (χ1) is 8.16. The molecule has 0 saturated heterocycles. The Bertz CT molecular complexity index is 241. The number of azo groups is 1. The molecule has 0 radical (unpaired) electrons. The molecule has 0 saturated carbocycles. The van der Waals surface area contributed by atoms with Crippen molar-refractivity contribution in [1.82, 2.24) is 0 Å². The Hall–Kier alpha value is -0.480. The highest BCUT2D eigenvalue weighted by Gasteiger charge is 2.29. The topological polar surface area (TPSA) is 43.2 Å². The molecule has 0 aromatic carbocycles. The molecular weight excluding hydrogens is 228 g/mol. The average Bonchev–Trinajstić information content (AvgIpc) is 2.25. The van der Waals surface area contributed by atoms with Crippen LogP contribution >= 0.6 is 0 Å². The molecule has 2 atom stereocenters. The van der Waals surface area contributed by atoms with Crippen molar-refractivity contribution in [3.05, 3.63) is 0 Å². The Morgan fingerprint density at radius 2 is 1.06 bits per heavy atom. The van der Waals surface area contributed by atoms with Gasteiger partial charge in [0.05, 0.1) is 0 Å². The monoisotopic (exact) mass is 258 g/mol. The minimum Gasteiger partial charge on any atom is -0.356 e. The van der Waals surface area contributed by atoms with Crippen LogP contribution in [0.4, 0.5) is 0 Å². The van der Waals surface area contributed by atoms with Gasteiger partial charge in [-0.1, -0.05) is 27.7 Å². The first-order valence-electron chi connectivity index (χ1n) is 6.70. The molecule has 4 nitrogen and oxygen atoms in total. The minimum absolute atomic E-state index is 0.507. The van der Waals surface area contributed by atoms with Crippen LogP contribution < -0.4 is 0 Å². The Morgan fingerprint density at radius 1 is 0.778 bits per heavy atom. The second kappa shape index (κ2) is 7.19. The van der Waals surface area contributed by atoms with Gasteiger partial charge in [-0.05, 0) is 25.7 Å². The van der Waals surface area contributed by atoms with E-state index in [-0.39, 0.29) is 0 Å². The van der Waals surface area contributed by atoms with Crippen molar-refractivity contribution in [2.45, 2.75) is 65.8 Å². The fraction of sp³-hybridized carbons (Fsp3) is 1.00. The van der Waals surface area contributed by atoms with Crippen molar-refractivity contribution < 1.29 is 9.47 Å². The van der Waals surface area contributed by atoms with Gasteiger partial charge in [-0.3, -0.25) is 0 Å². The predicted molar refractivity (Wildman–Crippen MR) is 74.6 cm³/mol. The molecule has 0 aromatic heterocycles. The van der Waals surface area contributed by atoms with Gasteiger partial charge in [-0.2, -0.15) is 10.2 Å². The summed E-state index contributed by atoms with van der Waals surface area (Å²) in [4.78, 5) is 0. The molecule has 0 bridgehead atoms. The molecule has 0 aliphatic rings. The van der Waals surface area contributed by atoms with E-state index < -0.39 is 11.4 Å². The first kappa shape index (κ1) is 17.5. The van der Waals surface area contributed by atoms with Crippen LogP contribution in [0, 0.1) is 11.8 Å². The van der Waals surface area contributed by atoms with E-state index >= 15 is 0 Å². The van der Waals surface area contributed by atoms with E-state index in [4.69, 9.17) is 9.47 Å². The molecule has 0 aromatic rings. The molecular formula is C14H30N2O2. The van der Waals surface area contributed by atoms with Crippen LogP contribution in [0.1, 0.15) is 54.4 Å². The van der Waals surface area contributed by atoms with Crippen LogP contribution in [0.5, 0.6) is 0 Å². The second-order valence-electron chi connectivity index (χ2n) is 6.15. The molecule has 0 amide bonds. The van der Waals surface area contributed by atoms with Crippen LogP contribution in [0.15, 0.2) is 10.2 Å². The molecule has 18 heavy (non-hydrogen) atoms. The molecule has 2 unspecified atom stereocenters. The van der Waals surface area contributed by atoms with Gasteiger partial charge in [0.15, 0.2) is 11.4 Å². The summed E-state index contributed by atoms with van der Waals surface area (Å²) in [6.45, 7) is 12.5. The van der Waals surface area contributed by atoms with E-state index in [1.54, 1.807) is 14.2 Å². The number of nitrogens with zero attached hydrogens (tertiary/aromatic N) is 2. The highest BCUT2D eigenvalue weighted by molar-refractivity contribution is 4.76. The summed E-state index contributed by atoms with van der Waals surface area (Å²) in [7, 11) is 3.35. The third-order valence-corrected chi connectivity index (χ3v) is 2.93. The number of rotatable bonds is 8. The van der Waals surface area contributed by atoms with Crippen molar-refractivity contribution in [3.63, 3.8) is 0 Å². The third kappa shape index (κ3) is 6.45. The zero-order chi connectivity index (χ0) is 14.4. The number of hydrogen-bond donors (Lipinski definition) is 0. The zero-order valence-electron chi connectivity index (χ0n) is 13.3. The van der Waals surface area contributed by atoms with Crippen LogP contribution in [-0.4, -0.2) is 25.7 Å². The smallest absolute Gasteiger partial charge is 0.176 e. The fourth-order valence-electron chi connectivity index (χ4n) is 2.06. The summed E-state index contributed by atoms with van der Waals surface area (Å²) in [6, 6.07) is 0. The van der Waals surface area contributed by atoms with Gasteiger partial charge in [0.2, 0.25) is 0 Å². The summed E-state index contributed by atoms with van der Waals surface area (Å²) in [5, 5.41) is 8.78. The normalized spacial score (nSPS) is 19.4. The molecule has 0 spiro atoms. The summed E-state index contributed by atoms with van der Waals surface area (Å²) >= 11 is 0. The van der Waals surface area contributed by atoms with Crippen LogP contribution in [0.3, 0.4) is 0 Å². The maximum absolute atomic E-state index is 5.48. The number of hydrogen-bond acceptors (Lipinski definition) is 4. The lowest BCUT2D eigenvalue weighted by atomic mass is 10.0. The van der Waals surface area contributed by atoms with Gasteiger partial charge in [0, 0.05) is 27.1 Å². The molecule has 0 aliphatic heterocycles. The lowest BCUT2D eigenvalue weighted by Crippen LogP contribution is -2.30. The average molecular weight is 258 g/mol. The highest BCUT2D eigenvalue weighted by atomic mass is 16.5. The molecule has 0 aliphatic carbocycles. The van der Waals surface area contributed by atoms with Gasteiger partial charge in [-0.25, -0.2) is 0 Å². The van der Waals surface area contributed by atoms with Gasteiger partial charge in [0.1, 0.15) is 0 Å². The number of ether oxygens (including phenoxy) is 2. The Labute approximate surface area is 112 Å². The van der Waals surface area contributed by atoms with Gasteiger partial charge in [0.25, 0.3) is 0 Å². The van der Waals surface area contributed by atoms with Crippen molar-refractivity contribution in [2.75, 3.05) is 14.2 Å². The van der Waals surface area contributed by atoms with Crippen LogP contribution in [0.25, 0.3) is 0 Å². The molecule has 108 valence electrons. The van der Waals surface area contributed by atoms with E-state index in [0.29, 0.717) is 11.8 Å². The molecule has 4 heteroatoms. The lowest BCUT2D eigenvalue weighted by Gasteiger charge is -2.28. The minimum atomic E-state index is -0.565. The van der Waals surface area contributed by atoms with Gasteiger partial charge < -0.3 is 9.47 Å². The van der Waals surface area contributed by atoms with E-state index in [1.807, 2.05) is 13.8 Å². The van der Waals surface area contributed by atoms with Crippen molar-refractivity contribution >= 4 is 0 Å². The van der Waals surface area contributed by atoms with E-state index in [9.17, 15) is 0 Å². The van der Waals surface area contributed by atoms with Gasteiger partial charge in [-0.15, -0.1) is 0 Å². The molecule has 0 fully saturated rings.